The van der Waals surface area contributed by atoms with E-state index < -0.39 is 0 Å². The first-order chi connectivity index (χ1) is 25.9. The van der Waals surface area contributed by atoms with Crippen molar-refractivity contribution in [1.29, 1.82) is 0 Å². The molecule has 0 atom stereocenters. The average Bonchev–Trinajstić information content (AvgIpc) is 3.22. The van der Waals surface area contributed by atoms with Crippen molar-refractivity contribution in [2.75, 3.05) is 0 Å². The van der Waals surface area contributed by atoms with Gasteiger partial charge in [0, 0.05) is 29.5 Å². The lowest BCUT2D eigenvalue weighted by Crippen LogP contribution is -2.00. The topological polar surface area (TPSA) is 68.3 Å². The molecule has 0 aromatic heterocycles. The van der Waals surface area contributed by atoms with Crippen molar-refractivity contribution in [3.05, 3.63) is 161 Å². The van der Waals surface area contributed by atoms with E-state index in [-0.39, 0.29) is 11.6 Å². The molecule has 6 aromatic carbocycles. The predicted octanol–water partition coefficient (Wildman–Crippen LogP) is 11.8. The van der Waals surface area contributed by atoms with Crippen molar-refractivity contribution in [3.63, 3.8) is 0 Å². The quantitative estimate of drug-likeness (QED) is 0.0397. The average molecular weight is 693 g/mol. The number of ketones is 2. The van der Waals surface area contributed by atoms with Crippen LogP contribution in [0.2, 0.25) is 0 Å². The van der Waals surface area contributed by atoms with Gasteiger partial charge in [-0.15, -0.1) is 0 Å². The molecule has 260 valence electrons. The van der Waals surface area contributed by atoms with Gasteiger partial charge in [0.1, 0.15) is 12.6 Å². The van der Waals surface area contributed by atoms with Crippen LogP contribution in [0, 0.1) is 0 Å². The molecule has 1 aliphatic carbocycles. The van der Waals surface area contributed by atoms with E-state index in [4.69, 9.17) is 0 Å². The molecule has 0 radical (unpaired) electrons. The monoisotopic (exact) mass is 692 g/mol. The summed E-state index contributed by atoms with van der Waals surface area (Å²) in [6, 6.07) is 29.2. The molecule has 0 spiro atoms. The summed E-state index contributed by atoms with van der Waals surface area (Å²) >= 11 is 0. The maximum absolute atomic E-state index is 12.6. The summed E-state index contributed by atoms with van der Waals surface area (Å²) in [4.78, 5) is 48.4. The van der Waals surface area contributed by atoms with Crippen LogP contribution < -0.4 is 0 Å². The zero-order chi connectivity index (χ0) is 37.1. The molecule has 0 fully saturated rings. The van der Waals surface area contributed by atoms with Gasteiger partial charge in [0.15, 0.2) is 11.6 Å². The summed E-state index contributed by atoms with van der Waals surface area (Å²) < 4.78 is 0. The second-order valence-corrected chi connectivity index (χ2v) is 13.5. The number of rotatable bonds is 13. The minimum Gasteiger partial charge on any atom is -0.298 e. The summed E-state index contributed by atoms with van der Waals surface area (Å²) in [7, 11) is 0. The number of hydrogen-bond acceptors (Lipinski definition) is 4. The Morgan fingerprint density at radius 3 is 1.70 bits per heavy atom. The zero-order valence-electron chi connectivity index (χ0n) is 30.1. The molecule has 7 rings (SSSR count). The van der Waals surface area contributed by atoms with Crippen LogP contribution in [0.1, 0.15) is 71.4 Å². The first kappa shape index (κ1) is 35.2. The summed E-state index contributed by atoms with van der Waals surface area (Å²) in [5, 5.41) is 6.77. The number of aldehydes is 2. The van der Waals surface area contributed by atoms with E-state index in [2.05, 4.69) is 49.1 Å². The zero-order valence-corrected chi connectivity index (χ0v) is 30.1. The van der Waals surface area contributed by atoms with Crippen LogP contribution in [0.15, 0.2) is 139 Å². The summed E-state index contributed by atoms with van der Waals surface area (Å²) in [6.45, 7) is 7.49. The Kier molecular flexibility index (Phi) is 10.0. The molecule has 0 saturated heterocycles. The third-order valence-electron chi connectivity index (χ3n) is 10.4. The standard InChI is InChI=1S/C49H40O4/c1-4-8-31(29-50)9-7-10-38-27-43(33-13-11-32(30-51)12-14-33)40-25-26-42-45(35-17-21-37(22-18-35)47(53)6-3)28-44(41-24-23-39(38)48(40)49(41)42)34-15-19-36(20-16-34)46(52)5-2/h4,7-9,11,13,15-30H,1,5-6,10,12,14H2,2-3H3/b9-7-,31-8+. The number of Topliss-reactive ketones (excluding diaryl/α,β-unsaturated/α-hetero) is 2. The number of hydrogen-bond donors (Lipinski definition) is 0. The Morgan fingerprint density at radius 1 is 0.660 bits per heavy atom. The first-order valence-corrected chi connectivity index (χ1v) is 18.2. The maximum atomic E-state index is 12.6. The Labute approximate surface area is 309 Å². The van der Waals surface area contributed by atoms with Crippen LogP contribution in [0.3, 0.4) is 0 Å². The molecule has 1 aliphatic rings. The van der Waals surface area contributed by atoms with Crippen LogP contribution in [0.25, 0.3) is 60.1 Å². The van der Waals surface area contributed by atoms with Crippen LogP contribution in [-0.4, -0.2) is 24.1 Å². The van der Waals surface area contributed by atoms with Crippen molar-refractivity contribution in [3.8, 4) is 22.3 Å². The normalized spacial score (nSPS) is 13.4. The van der Waals surface area contributed by atoms with Gasteiger partial charge < -0.3 is 0 Å². The fraction of sp³-hybridized carbons (Fsp3) is 0.143. The van der Waals surface area contributed by atoms with Gasteiger partial charge in [0.2, 0.25) is 0 Å². The number of benzene rings is 6. The van der Waals surface area contributed by atoms with E-state index in [9.17, 15) is 19.2 Å². The Morgan fingerprint density at radius 2 is 1.21 bits per heavy atom. The van der Waals surface area contributed by atoms with Gasteiger partial charge >= 0.3 is 0 Å². The second-order valence-electron chi connectivity index (χ2n) is 13.5. The van der Waals surface area contributed by atoms with Crippen molar-refractivity contribution in [2.45, 2.75) is 46.0 Å². The highest BCUT2D eigenvalue weighted by Gasteiger charge is 2.21. The van der Waals surface area contributed by atoms with Gasteiger partial charge in [0.25, 0.3) is 0 Å². The third kappa shape index (κ3) is 6.65. The lowest BCUT2D eigenvalue weighted by Gasteiger charge is -2.22. The molecule has 0 N–H and O–H groups in total. The molecule has 53 heavy (non-hydrogen) atoms. The van der Waals surface area contributed by atoms with E-state index in [0.29, 0.717) is 42.4 Å². The van der Waals surface area contributed by atoms with E-state index in [1.54, 1.807) is 12.2 Å². The Bertz CT molecular complexity index is 2480. The number of carbonyl (C=O) groups is 4. The van der Waals surface area contributed by atoms with Crippen molar-refractivity contribution in [1.82, 2.24) is 0 Å². The molecule has 0 saturated carbocycles. The van der Waals surface area contributed by atoms with E-state index >= 15 is 0 Å². The largest absolute Gasteiger partial charge is 0.298 e. The molecule has 6 aromatic rings. The van der Waals surface area contributed by atoms with Crippen molar-refractivity contribution >= 4 is 62.0 Å². The summed E-state index contributed by atoms with van der Waals surface area (Å²) in [5.41, 5.74) is 10.3. The highest BCUT2D eigenvalue weighted by atomic mass is 16.1. The molecule has 4 nitrogen and oxygen atoms in total. The number of allylic oxidation sites excluding steroid dienone is 9. The van der Waals surface area contributed by atoms with E-state index in [0.717, 1.165) is 90.3 Å². The van der Waals surface area contributed by atoms with Crippen molar-refractivity contribution < 1.29 is 19.2 Å². The van der Waals surface area contributed by atoms with E-state index in [1.165, 1.54) is 5.57 Å². The first-order valence-electron chi connectivity index (χ1n) is 18.2. The minimum atomic E-state index is 0.107. The fourth-order valence-electron chi connectivity index (χ4n) is 7.63. The lowest BCUT2D eigenvalue weighted by atomic mass is 9.81. The molecule has 0 aliphatic heterocycles. The maximum Gasteiger partial charge on any atom is 0.162 e. The molecule has 0 unspecified atom stereocenters. The van der Waals surface area contributed by atoms with Gasteiger partial charge in [-0.2, -0.15) is 0 Å². The van der Waals surface area contributed by atoms with Crippen LogP contribution in [0.4, 0.5) is 0 Å². The van der Waals surface area contributed by atoms with Crippen molar-refractivity contribution in [2.24, 2.45) is 0 Å². The van der Waals surface area contributed by atoms with Crippen LogP contribution in [-0.2, 0) is 16.0 Å². The van der Waals surface area contributed by atoms with Gasteiger partial charge in [-0.05, 0) is 108 Å². The van der Waals surface area contributed by atoms with Crippen LogP contribution in [0.5, 0.6) is 0 Å². The molecular formula is C49H40O4. The molecular weight excluding hydrogens is 653 g/mol. The molecule has 0 bridgehead atoms. The van der Waals surface area contributed by atoms with E-state index in [1.807, 2.05) is 80.6 Å². The molecule has 4 heteroatoms. The third-order valence-corrected chi connectivity index (χ3v) is 10.4. The summed E-state index contributed by atoms with van der Waals surface area (Å²) in [5.74, 6) is 0.214. The predicted molar refractivity (Wildman–Crippen MR) is 219 cm³/mol. The van der Waals surface area contributed by atoms with Gasteiger partial charge in [0.05, 0.1) is 0 Å². The molecule has 0 amide bonds. The lowest BCUT2D eigenvalue weighted by molar-refractivity contribution is -0.105. The van der Waals surface area contributed by atoms with Gasteiger partial charge in [-0.1, -0.05) is 130 Å². The van der Waals surface area contributed by atoms with Gasteiger partial charge in [-0.25, -0.2) is 0 Å². The smallest absolute Gasteiger partial charge is 0.162 e. The van der Waals surface area contributed by atoms with Gasteiger partial charge in [-0.3, -0.25) is 19.2 Å². The Balaban J connectivity index is 1.55. The molecule has 0 heterocycles. The Hall–Kier alpha value is -6.26. The highest BCUT2D eigenvalue weighted by Crippen LogP contribution is 2.47. The summed E-state index contributed by atoms with van der Waals surface area (Å²) in [6.07, 6.45) is 15.9. The minimum absolute atomic E-state index is 0.107. The highest BCUT2D eigenvalue weighted by molar-refractivity contribution is 6.30. The second kappa shape index (κ2) is 15.1. The van der Waals surface area contributed by atoms with Crippen LogP contribution >= 0.6 is 0 Å². The number of carbonyl (C=O) groups excluding carboxylic acids is 4. The fourth-order valence-corrected chi connectivity index (χ4v) is 7.63. The SMILES string of the molecule is C=C/C=C(C=O)\C=C/Cc1cc(C2=CC=C(C=O)CC2)c2ccc3c(-c4ccc(C(=O)CC)cc4)cc(-c4ccc(C(=O)CC)cc4)c4ccc1c2c43.